The van der Waals surface area contributed by atoms with Crippen LogP contribution in [-0.4, -0.2) is 62.2 Å². The summed E-state index contributed by atoms with van der Waals surface area (Å²) in [6.45, 7) is 0. The number of nitrogens with zero attached hydrogens (tertiary/aromatic N) is 3. The molecule has 4 rings (SSSR count). The number of hydrogen-bond acceptors (Lipinski definition) is 13. The number of nitro benzene ring substituents is 1. The summed E-state index contributed by atoms with van der Waals surface area (Å²) in [5.74, 6) is -4.51. The summed E-state index contributed by atoms with van der Waals surface area (Å²) in [5.41, 5.74) is -0.436. The van der Waals surface area contributed by atoms with E-state index in [4.69, 9.17) is 23.4 Å². The van der Waals surface area contributed by atoms with Crippen LogP contribution in [0.4, 0.5) is 17.1 Å². The predicted octanol–water partition coefficient (Wildman–Crippen LogP) is 5.11. The molecule has 0 amide bonds. The molecule has 0 aliphatic carbocycles. The number of ether oxygens (including phenoxy) is 4. The lowest BCUT2D eigenvalue weighted by Crippen LogP contribution is -2.25. The lowest BCUT2D eigenvalue weighted by atomic mass is 10.0. The molecule has 0 saturated heterocycles. The maximum atomic E-state index is 13.5. The van der Waals surface area contributed by atoms with Crippen molar-refractivity contribution in [3.8, 4) is 11.3 Å². The number of rotatable bonds is 11. The second kappa shape index (κ2) is 14.4. The van der Waals surface area contributed by atoms with Gasteiger partial charge in [-0.15, -0.1) is 0 Å². The van der Waals surface area contributed by atoms with Crippen molar-refractivity contribution in [3.05, 3.63) is 112 Å². The van der Waals surface area contributed by atoms with Gasteiger partial charge in [0.05, 0.1) is 56.7 Å². The normalized spacial score (nSPS) is 11.1. The highest BCUT2D eigenvalue weighted by atomic mass is 16.6. The SMILES string of the molecule is COC(=O)C/C(C(=O)OC)=C(/c1ccccn1)N(c1ccccc1)c1c(-c2ccc([N+](=O)[O-])cc2)oc(C(=O)OC)c1C(=O)OC. The fourth-order valence-corrected chi connectivity index (χ4v) is 4.54. The molecular formula is C32H27N3O11. The molecule has 0 fully saturated rings. The Bertz CT molecular complexity index is 1800. The molecule has 2 aromatic carbocycles. The van der Waals surface area contributed by atoms with Crippen molar-refractivity contribution in [3.63, 3.8) is 0 Å². The van der Waals surface area contributed by atoms with E-state index in [9.17, 15) is 29.3 Å². The van der Waals surface area contributed by atoms with Crippen LogP contribution in [0.5, 0.6) is 0 Å². The molecule has 46 heavy (non-hydrogen) atoms. The zero-order valence-electron chi connectivity index (χ0n) is 25.0. The first-order valence-electron chi connectivity index (χ1n) is 13.4. The number of anilines is 2. The standard InChI is InChI=1S/C32H27N3O11/c1-42-24(36)18-22(30(37)43-2)26(23-12-8-9-17-33-23)34(20-10-6-5-7-11-20)27-25(31(38)44-3)29(32(39)45-4)46-28(27)19-13-15-21(16-14-19)35(40)41/h5-17H,18H2,1-4H3/b26-22+. The van der Waals surface area contributed by atoms with Crippen molar-refractivity contribution in [1.82, 2.24) is 4.98 Å². The van der Waals surface area contributed by atoms with Crippen LogP contribution >= 0.6 is 0 Å². The first-order valence-corrected chi connectivity index (χ1v) is 13.4. The van der Waals surface area contributed by atoms with Gasteiger partial charge in [-0.2, -0.15) is 0 Å². The number of furan rings is 1. The van der Waals surface area contributed by atoms with E-state index < -0.39 is 46.5 Å². The van der Waals surface area contributed by atoms with Crippen molar-refractivity contribution in [2.45, 2.75) is 6.42 Å². The number of nitro groups is 1. The first-order chi connectivity index (χ1) is 22.2. The lowest BCUT2D eigenvalue weighted by Gasteiger charge is -2.30. The minimum Gasteiger partial charge on any atom is -0.469 e. The molecule has 14 heteroatoms. The van der Waals surface area contributed by atoms with Crippen LogP contribution in [-0.2, 0) is 28.5 Å². The third kappa shape index (κ3) is 6.60. The van der Waals surface area contributed by atoms with Gasteiger partial charge in [0.15, 0.2) is 5.76 Å². The van der Waals surface area contributed by atoms with Crippen molar-refractivity contribution in [2.24, 2.45) is 0 Å². The van der Waals surface area contributed by atoms with E-state index in [-0.39, 0.29) is 39.7 Å². The molecule has 0 N–H and O–H groups in total. The first kappa shape index (κ1) is 32.6. The number of pyridine rings is 1. The molecule has 2 aromatic heterocycles. The van der Waals surface area contributed by atoms with E-state index in [0.717, 1.165) is 28.4 Å². The highest BCUT2D eigenvalue weighted by molar-refractivity contribution is 6.13. The van der Waals surface area contributed by atoms with Crippen molar-refractivity contribution in [2.75, 3.05) is 33.3 Å². The molecule has 0 aliphatic rings. The average molecular weight is 630 g/mol. The molecule has 14 nitrogen and oxygen atoms in total. The number of para-hydroxylation sites is 1. The second-order valence-corrected chi connectivity index (χ2v) is 9.23. The quantitative estimate of drug-likeness (QED) is 0.0703. The summed E-state index contributed by atoms with van der Waals surface area (Å²) < 4.78 is 26.0. The van der Waals surface area contributed by atoms with Gasteiger partial charge in [-0.25, -0.2) is 14.4 Å². The average Bonchev–Trinajstić information content (AvgIpc) is 3.49. The number of carbonyl (C=O) groups excluding carboxylic acids is 4. The van der Waals surface area contributed by atoms with E-state index in [1.165, 1.54) is 35.4 Å². The van der Waals surface area contributed by atoms with Crippen LogP contribution in [0.25, 0.3) is 17.0 Å². The van der Waals surface area contributed by atoms with Gasteiger partial charge in [-0.1, -0.05) is 24.3 Å². The molecule has 4 aromatic rings. The fraction of sp³-hybridized carbons (Fsp3) is 0.156. The highest BCUT2D eigenvalue weighted by Crippen LogP contribution is 2.47. The van der Waals surface area contributed by atoms with Gasteiger partial charge in [0.2, 0.25) is 5.76 Å². The van der Waals surface area contributed by atoms with E-state index in [1.54, 1.807) is 48.5 Å². The van der Waals surface area contributed by atoms with Gasteiger partial charge in [-0.05, 0) is 36.4 Å². The number of carbonyl (C=O) groups is 4. The maximum Gasteiger partial charge on any atom is 0.374 e. The third-order valence-corrected chi connectivity index (χ3v) is 6.62. The van der Waals surface area contributed by atoms with Crippen molar-refractivity contribution >= 4 is 46.6 Å². The van der Waals surface area contributed by atoms with Gasteiger partial charge in [0.1, 0.15) is 11.3 Å². The molecule has 2 heterocycles. The smallest absolute Gasteiger partial charge is 0.374 e. The zero-order valence-corrected chi connectivity index (χ0v) is 25.0. The van der Waals surface area contributed by atoms with Crippen LogP contribution in [0, 0.1) is 10.1 Å². The predicted molar refractivity (Wildman–Crippen MR) is 162 cm³/mol. The second-order valence-electron chi connectivity index (χ2n) is 9.23. The van der Waals surface area contributed by atoms with Gasteiger partial charge >= 0.3 is 23.9 Å². The Morgan fingerprint density at radius 1 is 0.826 bits per heavy atom. The number of hydrogen-bond donors (Lipinski definition) is 0. The lowest BCUT2D eigenvalue weighted by molar-refractivity contribution is -0.384. The molecule has 0 spiro atoms. The van der Waals surface area contributed by atoms with Crippen molar-refractivity contribution in [1.29, 1.82) is 0 Å². The Kier molecular flexibility index (Phi) is 10.2. The monoisotopic (exact) mass is 629 g/mol. The van der Waals surface area contributed by atoms with Gasteiger partial charge < -0.3 is 28.3 Å². The minimum atomic E-state index is -1.05. The Morgan fingerprint density at radius 2 is 1.48 bits per heavy atom. The Balaban J connectivity index is 2.27. The number of benzene rings is 2. The van der Waals surface area contributed by atoms with E-state index in [0.29, 0.717) is 5.69 Å². The summed E-state index contributed by atoms with van der Waals surface area (Å²) in [5, 5.41) is 11.4. The summed E-state index contributed by atoms with van der Waals surface area (Å²) in [6, 6.07) is 18.2. The van der Waals surface area contributed by atoms with Gasteiger partial charge in [0.25, 0.3) is 5.69 Å². The number of non-ortho nitro benzene ring substituents is 1. The molecule has 0 saturated carbocycles. The highest BCUT2D eigenvalue weighted by Gasteiger charge is 2.38. The third-order valence-electron chi connectivity index (χ3n) is 6.62. The van der Waals surface area contributed by atoms with Gasteiger partial charge in [0, 0.05) is 29.6 Å². The largest absolute Gasteiger partial charge is 0.469 e. The van der Waals surface area contributed by atoms with E-state index >= 15 is 0 Å². The molecule has 0 radical (unpaired) electrons. The fourth-order valence-electron chi connectivity index (χ4n) is 4.54. The summed E-state index contributed by atoms with van der Waals surface area (Å²) in [4.78, 5) is 69.4. The minimum absolute atomic E-state index is 0.0467. The van der Waals surface area contributed by atoms with Crippen LogP contribution in [0.3, 0.4) is 0 Å². The molecule has 0 aliphatic heterocycles. The number of aromatic nitrogens is 1. The van der Waals surface area contributed by atoms with Crippen LogP contribution < -0.4 is 4.90 Å². The van der Waals surface area contributed by atoms with E-state index in [2.05, 4.69) is 4.98 Å². The molecular weight excluding hydrogens is 602 g/mol. The molecule has 236 valence electrons. The van der Waals surface area contributed by atoms with Gasteiger partial charge in [-0.3, -0.25) is 19.9 Å². The van der Waals surface area contributed by atoms with Crippen LogP contribution in [0.2, 0.25) is 0 Å². The topological polar surface area (TPSA) is 178 Å². The van der Waals surface area contributed by atoms with Crippen molar-refractivity contribution < 1.29 is 47.5 Å². The number of esters is 4. The Labute approximate surface area is 261 Å². The molecule has 0 unspecified atom stereocenters. The number of methoxy groups -OCH3 is 4. The molecule has 0 bridgehead atoms. The maximum absolute atomic E-state index is 13.5. The van der Waals surface area contributed by atoms with Crippen LogP contribution in [0.1, 0.15) is 33.0 Å². The summed E-state index contributed by atoms with van der Waals surface area (Å²) >= 11 is 0. The summed E-state index contributed by atoms with van der Waals surface area (Å²) in [6.07, 6.45) is 0.847. The van der Waals surface area contributed by atoms with Crippen LogP contribution in [0.15, 0.2) is 89.0 Å². The Morgan fingerprint density at radius 3 is 2.02 bits per heavy atom. The molecule has 0 atom stereocenters. The van der Waals surface area contributed by atoms with E-state index in [1.807, 2.05) is 0 Å². The zero-order chi connectivity index (χ0) is 33.4. The Hall–Kier alpha value is -6.31. The summed E-state index contributed by atoms with van der Waals surface area (Å²) in [7, 11) is 4.44.